The summed E-state index contributed by atoms with van der Waals surface area (Å²) in [5.41, 5.74) is 8.04. The van der Waals surface area contributed by atoms with Crippen molar-refractivity contribution in [3.05, 3.63) is 71.7 Å². The molecule has 1 fully saturated rings. The number of nitrogens with zero attached hydrogens (tertiary/aromatic N) is 3. The van der Waals surface area contributed by atoms with Crippen molar-refractivity contribution in [3.63, 3.8) is 0 Å². The highest BCUT2D eigenvalue weighted by Gasteiger charge is 2.28. The number of ether oxygens (including phenoxy) is 1. The number of fused-ring (bicyclic) bond motifs is 1. The quantitative estimate of drug-likeness (QED) is 0.265. The molecule has 2 aliphatic rings. The van der Waals surface area contributed by atoms with E-state index in [-0.39, 0.29) is 17.1 Å². The van der Waals surface area contributed by atoms with E-state index in [9.17, 15) is 12.8 Å². The average Bonchev–Trinajstić information content (AvgIpc) is 3.34. The number of nitrogen functional groups attached to an aromatic ring is 1. The molecule has 1 saturated heterocycles. The van der Waals surface area contributed by atoms with E-state index in [4.69, 9.17) is 10.5 Å². The Morgan fingerprint density at radius 2 is 1.86 bits per heavy atom. The highest BCUT2D eigenvalue weighted by atomic mass is 32.2. The van der Waals surface area contributed by atoms with Gasteiger partial charge in [-0.05, 0) is 50.0 Å². The van der Waals surface area contributed by atoms with Crippen LogP contribution in [0.3, 0.4) is 0 Å². The molecule has 0 spiro atoms. The number of benzene rings is 2. The number of aromatic nitrogens is 3. The smallest absolute Gasteiger partial charge is 0.264 e. The summed E-state index contributed by atoms with van der Waals surface area (Å²) in [7, 11) is -4.53. The Bertz CT molecular complexity index is 1820. The third-order valence-electron chi connectivity index (χ3n) is 7.64. The van der Waals surface area contributed by atoms with Gasteiger partial charge >= 0.3 is 0 Å². The molecule has 0 saturated carbocycles. The van der Waals surface area contributed by atoms with Gasteiger partial charge in [-0.25, -0.2) is 26.6 Å². The zero-order valence-electron chi connectivity index (χ0n) is 22.7. The maximum atomic E-state index is 15.6. The molecule has 0 radical (unpaired) electrons. The lowest BCUT2D eigenvalue weighted by Crippen LogP contribution is -2.50. The third kappa shape index (κ3) is 5.12. The van der Waals surface area contributed by atoms with E-state index in [1.54, 1.807) is 10.9 Å². The first-order chi connectivity index (χ1) is 20.2. The van der Waals surface area contributed by atoms with Crippen LogP contribution >= 0.6 is 0 Å². The standard InChI is InChI=1S/C29H29F3N6O3S/c1-2-38-28-20(16-7-9-17(10-8-16)35-18-14-41-15-18)13-34-29(33)26(28)27(36-38)19-11-23(32)24(12-22(19)31)37-42(39,40)25-6-4-3-5-21(25)30/h3-7,11-13,17-18,35,37H,2,8-10,14-15H2,1H3,(H2,33,34). The number of hydrogen-bond acceptors (Lipinski definition) is 7. The highest BCUT2D eigenvalue weighted by molar-refractivity contribution is 7.92. The Morgan fingerprint density at radius 1 is 1.07 bits per heavy atom. The highest BCUT2D eigenvalue weighted by Crippen LogP contribution is 2.40. The maximum Gasteiger partial charge on any atom is 0.264 e. The predicted molar refractivity (Wildman–Crippen MR) is 154 cm³/mol. The van der Waals surface area contributed by atoms with Gasteiger partial charge in [0.2, 0.25) is 0 Å². The SMILES string of the molecule is CCn1nc(-c2cc(F)c(NS(=O)(=O)c3ccccc3F)cc2F)c2c(N)ncc(C3=CCC(NC4COC4)CC3)c21. The second-order valence-corrected chi connectivity index (χ2v) is 12.0. The number of aryl methyl sites for hydroxylation is 1. The van der Waals surface area contributed by atoms with Crippen molar-refractivity contribution in [2.75, 3.05) is 23.7 Å². The van der Waals surface area contributed by atoms with Crippen LogP contribution in [0.15, 0.2) is 53.6 Å². The van der Waals surface area contributed by atoms with Gasteiger partial charge in [-0.15, -0.1) is 0 Å². The van der Waals surface area contributed by atoms with Crippen LogP contribution in [0.1, 0.15) is 31.7 Å². The number of sulfonamides is 1. The number of nitrogens with one attached hydrogen (secondary N) is 2. The summed E-state index contributed by atoms with van der Waals surface area (Å²) in [5.74, 6) is -2.93. The molecule has 1 aliphatic heterocycles. The van der Waals surface area contributed by atoms with Crippen LogP contribution in [0, 0.1) is 17.5 Å². The largest absolute Gasteiger partial charge is 0.383 e. The van der Waals surface area contributed by atoms with E-state index in [2.05, 4.69) is 21.5 Å². The Hall–Kier alpha value is -3.94. The Morgan fingerprint density at radius 3 is 2.52 bits per heavy atom. The fourth-order valence-corrected chi connectivity index (χ4v) is 6.59. The van der Waals surface area contributed by atoms with Gasteiger partial charge in [0.05, 0.1) is 35.8 Å². The fraction of sp³-hybridized carbons (Fsp3) is 0.310. The second kappa shape index (κ2) is 11.0. The summed E-state index contributed by atoms with van der Waals surface area (Å²) < 4.78 is 79.2. The monoisotopic (exact) mass is 598 g/mol. The number of hydrogen-bond donors (Lipinski definition) is 3. The van der Waals surface area contributed by atoms with Crippen LogP contribution < -0.4 is 15.8 Å². The number of nitrogens with two attached hydrogens (primary N) is 1. The number of halogens is 3. The Kier molecular flexibility index (Phi) is 7.41. The molecule has 13 heteroatoms. The molecule has 2 aromatic carbocycles. The van der Waals surface area contributed by atoms with Crippen molar-refractivity contribution in [2.45, 2.75) is 49.7 Å². The van der Waals surface area contributed by atoms with Crippen LogP contribution in [-0.4, -0.2) is 48.5 Å². The lowest BCUT2D eigenvalue weighted by Gasteiger charge is -2.33. The molecule has 3 heterocycles. The lowest BCUT2D eigenvalue weighted by atomic mass is 9.89. The molecule has 1 aliphatic carbocycles. The first-order valence-electron chi connectivity index (χ1n) is 13.6. The van der Waals surface area contributed by atoms with Crippen LogP contribution in [0.25, 0.3) is 27.7 Å². The van der Waals surface area contributed by atoms with Gasteiger partial charge in [-0.2, -0.15) is 5.10 Å². The summed E-state index contributed by atoms with van der Waals surface area (Å²) in [6.07, 6.45) is 6.39. The minimum atomic E-state index is -4.53. The minimum absolute atomic E-state index is 0.0829. The van der Waals surface area contributed by atoms with Gasteiger partial charge in [-0.3, -0.25) is 9.40 Å². The van der Waals surface area contributed by atoms with Crippen molar-refractivity contribution in [2.24, 2.45) is 0 Å². The van der Waals surface area contributed by atoms with Crippen molar-refractivity contribution in [3.8, 4) is 11.3 Å². The molecule has 9 nitrogen and oxygen atoms in total. The molecule has 42 heavy (non-hydrogen) atoms. The summed E-state index contributed by atoms with van der Waals surface area (Å²) in [6.45, 7) is 3.76. The van der Waals surface area contributed by atoms with E-state index >= 15 is 8.78 Å². The maximum absolute atomic E-state index is 15.6. The zero-order chi connectivity index (χ0) is 29.6. The first-order valence-corrected chi connectivity index (χ1v) is 15.1. The fourth-order valence-electron chi connectivity index (χ4n) is 5.45. The number of pyridine rings is 1. The average molecular weight is 599 g/mol. The van der Waals surface area contributed by atoms with Crippen LogP contribution in [0.2, 0.25) is 0 Å². The van der Waals surface area contributed by atoms with Crippen molar-refractivity contribution < 1.29 is 26.3 Å². The van der Waals surface area contributed by atoms with E-state index in [0.29, 0.717) is 35.6 Å². The van der Waals surface area contributed by atoms with Crippen LogP contribution in [-0.2, 0) is 21.3 Å². The summed E-state index contributed by atoms with van der Waals surface area (Å²) in [6, 6.07) is 6.91. The molecular formula is C29H29F3N6O3S. The normalized spacial score (nSPS) is 17.7. The summed E-state index contributed by atoms with van der Waals surface area (Å²) >= 11 is 0. The second-order valence-electron chi connectivity index (χ2n) is 10.4. The molecule has 6 rings (SSSR count). The molecular weight excluding hydrogens is 569 g/mol. The molecule has 220 valence electrons. The molecule has 1 atom stereocenters. The van der Waals surface area contributed by atoms with E-state index in [1.165, 1.54) is 12.1 Å². The van der Waals surface area contributed by atoms with Crippen molar-refractivity contribution in [1.29, 1.82) is 0 Å². The van der Waals surface area contributed by atoms with E-state index in [0.717, 1.165) is 61.8 Å². The Balaban J connectivity index is 1.37. The van der Waals surface area contributed by atoms with Gasteiger partial charge in [0, 0.05) is 36.0 Å². The van der Waals surface area contributed by atoms with Crippen molar-refractivity contribution >= 4 is 38.0 Å². The topological polar surface area (TPSA) is 124 Å². The molecule has 0 amide bonds. The summed E-state index contributed by atoms with van der Waals surface area (Å²) in [5, 5.41) is 8.56. The van der Waals surface area contributed by atoms with E-state index in [1.807, 2.05) is 11.6 Å². The minimum Gasteiger partial charge on any atom is -0.383 e. The number of rotatable bonds is 8. The van der Waals surface area contributed by atoms with Gasteiger partial charge in [0.25, 0.3) is 10.0 Å². The molecule has 0 bridgehead atoms. The zero-order valence-corrected chi connectivity index (χ0v) is 23.5. The van der Waals surface area contributed by atoms with Crippen LogP contribution in [0.4, 0.5) is 24.7 Å². The molecule has 4 aromatic rings. The van der Waals surface area contributed by atoms with Crippen LogP contribution in [0.5, 0.6) is 0 Å². The number of anilines is 2. The molecule has 1 unspecified atom stereocenters. The number of allylic oxidation sites excluding steroid dienone is 1. The van der Waals surface area contributed by atoms with Gasteiger partial charge in [-0.1, -0.05) is 18.2 Å². The predicted octanol–water partition coefficient (Wildman–Crippen LogP) is 4.84. The summed E-state index contributed by atoms with van der Waals surface area (Å²) in [4.78, 5) is 3.68. The van der Waals surface area contributed by atoms with Crippen molar-refractivity contribution in [1.82, 2.24) is 20.1 Å². The molecule has 2 aromatic heterocycles. The van der Waals surface area contributed by atoms with Gasteiger partial charge in [0.15, 0.2) is 0 Å². The first kappa shape index (κ1) is 28.2. The third-order valence-corrected chi connectivity index (χ3v) is 9.04. The molecule has 4 N–H and O–H groups in total. The van der Waals surface area contributed by atoms with Gasteiger partial charge < -0.3 is 15.8 Å². The van der Waals surface area contributed by atoms with Gasteiger partial charge in [0.1, 0.15) is 33.9 Å². The lowest BCUT2D eigenvalue weighted by molar-refractivity contribution is -0.0103. The Labute approximate surface area is 240 Å². The van der Waals surface area contributed by atoms with E-state index < -0.39 is 38.1 Å².